The number of fused-ring (bicyclic) bond motifs is 1. The number of hydrogen-bond donors (Lipinski definition) is 1. The highest BCUT2D eigenvalue weighted by molar-refractivity contribution is 5.94. The van der Waals surface area contributed by atoms with Crippen LogP contribution < -0.4 is 10.1 Å². The van der Waals surface area contributed by atoms with E-state index in [1.807, 2.05) is 24.3 Å². The molecule has 0 saturated heterocycles. The van der Waals surface area contributed by atoms with Crippen molar-refractivity contribution in [1.82, 2.24) is 0 Å². The van der Waals surface area contributed by atoms with Crippen LogP contribution in [0.15, 0.2) is 72.8 Å². The maximum absolute atomic E-state index is 13.2. The van der Waals surface area contributed by atoms with Crippen molar-refractivity contribution in [2.75, 3.05) is 12.4 Å². The van der Waals surface area contributed by atoms with Crippen LogP contribution in [-0.2, 0) is 4.79 Å². The van der Waals surface area contributed by atoms with Gasteiger partial charge in [-0.15, -0.1) is 0 Å². The van der Waals surface area contributed by atoms with Crippen LogP contribution >= 0.6 is 0 Å². The van der Waals surface area contributed by atoms with Gasteiger partial charge in [0, 0.05) is 17.5 Å². The lowest BCUT2D eigenvalue weighted by Gasteiger charge is -2.44. The van der Waals surface area contributed by atoms with Crippen LogP contribution in [0.1, 0.15) is 40.5 Å². The van der Waals surface area contributed by atoms with Gasteiger partial charge in [-0.1, -0.05) is 48.5 Å². The summed E-state index contributed by atoms with van der Waals surface area (Å²) in [5.74, 6) is 1.25. The lowest BCUT2D eigenvalue weighted by atomic mass is 9.59. The maximum Gasteiger partial charge on any atom is 0.228 e. The van der Waals surface area contributed by atoms with E-state index in [9.17, 15) is 4.79 Å². The molecule has 3 aliphatic carbocycles. The lowest BCUT2D eigenvalue weighted by molar-refractivity contribution is -0.121. The van der Waals surface area contributed by atoms with Crippen molar-refractivity contribution in [2.24, 2.45) is 5.92 Å². The number of amides is 1. The first kappa shape index (κ1) is 16.1. The SMILES string of the molecule is COc1ccc(NC(=O)[C@H]2CC3c4ccccc4C2c2ccccc23)cc1. The number of carbonyl (C=O) groups excluding carboxylic acids is 1. The zero-order valence-electron chi connectivity index (χ0n) is 15.2. The standard InChI is InChI=1S/C24H21NO2/c1-27-16-12-10-15(11-13-16)25-24(26)22-14-21-17-6-2-4-8-19(17)23(22)20-9-5-3-7-18(20)21/h2-13,21-23H,14H2,1H3,(H,25,26)/t21?,22-,23?/m0/s1. The summed E-state index contributed by atoms with van der Waals surface area (Å²) >= 11 is 0. The van der Waals surface area contributed by atoms with Crippen molar-refractivity contribution in [3.8, 4) is 5.75 Å². The third kappa shape index (κ3) is 2.54. The second-order valence-electron chi connectivity index (χ2n) is 7.35. The van der Waals surface area contributed by atoms with Gasteiger partial charge in [-0.05, 0) is 52.9 Å². The highest BCUT2D eigenvalue weighted by Gasteiger charge is 2.45. The van der Waals surface area contributed by atoms with Gasteiger partial charge < -0.3 is 10.1 Å². The van der Waals surface area contributed by atoms with Gasteiger partial charge in [0.25, 0.3) is 0 Å². The molecule has 3 nitrogen and oxygen atoms in total. The summed E-state index contributed by atoms with van der Waals surface area (Å²) in [5.41, 5.74) is 6.19. The Hall–Kier alpha value is -3.07. The fourth-order valence-corrected chi connectivity index (χ4v) is 4.80. The van der Waals surface area contributed by atoms with E-state index in [1.165, 1.54) is 22.3 Å². The zero-order valence-corrected chi connectivity index (χ0v) is 15.2. The number of anilines is 1. The summed E-state index contributed by atoms with van der Waals surface area (Å²) in [5, 5.41) is 3.11. The van der Waals surface area contributed by atoms with Crippen LogP contribution in [0.4, 0.5) is 5.69 Å². The molecular formula is C24H21NO2. The highest BCUT2D eigenvalue weighted by Crippen LogP contribution is 2.55. The first-order valence-corrected chi connectivity index (χ1v) is 9.39. The van der Waals surface area contributed by atoms with E-state index in [1.54, 1.807) is 7.11 Å². The Morgan fingerprint density at radius 3 is 1.96 bits per heavy atom. The van der Waals surface area contributed by atoms with Crippen molar-refractivity contribution in [1.29, 1.82) is 0 Å². The molecule has 0 radical (unpaired) electrons. The lowest BCUT2D eigenvalue weighted by Crippen LogP contribution is -2.38. The molecule has 0 saturated carbocycles. The third-order valence-electron chi connectivity index (χ3n) is 6.00. The van der Waals surface area contributed by atoms with Crippen LogP contribution in [0.5, 0.6) is 5.75 Å². The predicted octanol–water partition coefficient (Wildman–Crippen LogP) is 4.93. The Kier molecular flexibility index (Phi) is 3.75. The van der Waals surface area contributed by atoms with Gasteiger partial charge in [0.05, 0.1) is 13.0 Å². The number of carbonyl (C=O) groups is 1. The van der Waals surface area contributed by atoms with Crippen molar-refractivity contribution in [3.05, 3.63) is 95.1 Å². The molecule has 134 valence electrons. The van der Waals surface area contributed by atoms with Crippen LogP contribution in [0.3, 0.4) is 0 Å². The summed E-state index contributed by atoms with van der Waals surface area (Å²) in [6, 6.07) is 24.7. The van der Waals surface area contributed by atoms with Gasteiger partial charge in [-0.3, -0.25) is 4.79 Å². The molecular weight excluding hydrogens is 334 g/mol. The molecule has 0 spiro atoms. The predicted molar refractivity (Wildman–Crippen MR) is 106 cm³/mol. The topological polar surface area (TPSA) is 38.3 Å². The van der Waals surface area contributed by atoms with Gasteiger partial charge in [0.15, 0.2) is 0 Å². The van der Waals surface area contributed by atoms with E-state index in [-0.39, 0.29) is 17.7 Å². The first-order chi connectivity index (χ1) is 13.3. The van der Waals surface area contributed by atoms with Gasteiger partial charge in [0.2, 0.25) is 5.91 Å². The number of rotatable bonds is 3. The molecule has 1 amide bonds. The fraction of sp³-hybridized carbons (Fsp3) is 0.208. The quantitative estimate of drug-likeness (QED) is 0.723. The van der Waals surface area contributed by atoms with Gasteiger partial charge in [-0.25, -0.2) is 0 Å². The molecule has 3 heteroatoms. The molecule has 1 N–H and O–H groups in total. The second-order valence-corrected chi connectivity index (χ2v) is 7.35. The molecule has 6 rings (SSSR count). The highest BCUT2D eigenvalue weighted by atomic mass is 16.5. The summed E-state index contributed by atoms with van der Waals surface area (Å²) < 4.78 is 5.20. The number of ether oxygens (including phenoxy) is 1. The number of nitrogens with one attached hydrogen (secondary N) is 1. The number of hydrogen-bond acceptors (Lipinski definition) is 2. The normalized spacial score (nSPS) is 21.9. The molecule has 0 unspecified atom stereocenters. The molecule has 3 aromatic carbocycles. The third-order valence-corrected chi connectivity index (χ3v) is 6.00. The fourth-order valence-electron chi connectivity index (χ4n) is 4.80. The average Bonchev–Trinajstić information content (AvgIpc) is 2.74. The smallest absolute Gasteiger partial charge is 0.228 e. The van der Waals surface area contributed by atoms with E-state index in [0.29, 0.717) is 5.92 Å². The van der Waals surface area contributed by atoms with E-state index < -0.39 is 0 Å². The number of methoxy groups -OCH3 is 1. The van der Waals surface area contributed by atoms with E-state index in [2.05, 4.69) is 53.8 Å². The van der Waals surface area contributed by atoms with Crippen LogP contribution in [0.25, 0.3) is 0 Å². The molecule has 3 aliphatic rings. The summed E-state index contributed by atoms with van der Waals surface area (Å²) in [6.07, 6.45) is 0.862. The summed E-state index contributed by atoms with van der Waals surface area (Å²) in [7, 11) is 1.64. The van der Waals surface area contributed by atoms with Crippen LogP contribution in [0.2, 0.25) is 0 Å². The molecule has 2 bridgehead atoms. The number of benzene rings is 3. The van der Waals surface area contributed by atoms with Gasteiger partial charge >= 0.3 is 0 Å². The molecule has 0 aliphatic heterocycles. The Bertz CT molecular complexity index is 961. The maximum atomic E-state index is 13.2. The van der Waals surface area contributed by atoms with E-state index in [0.717, 1.165) is 17.9 Å². The zero-order chi connectivity index (χ0) is 18.4. The van der Waals surface area contributed by atoms with Gasteiger partial charge in [0.1, 0.15) is 5.75 Å². The van der Waals surface area contributed by atoms with Crippen LogP contribution in [-0.4, -0.2) is 13.0 Å². The Balaban J connectivity index is 1.50. The first-order valence-electron chi connectivity index (χ1n) is 9.39. The molecule has 3 aromatic rings. The minimum atomic E-state index is -0.0538. The minimum Gasteiger partial charge on any atom is -0.497 e. The Morgan fingerprint density at radius 2 is 1.41 bits per heavy atom. The van der Waals surface area contributed by atoms with Crippen molar-refractivity contribution < 1.29 is 9.53 Å². The molecule has 0 heterocycles. The summed E-state index contributed by atoms with van der Waals surface area (Å²) in [6.45, 7) is 0. The van der Waals surface area contributed by atoms with E-state index in [4.69, 9.17) is 4.74 Å². The molecule has 27 heavy (non-hydrogen) atoms. The Morgan fingerprint density at radius 1 is 0.852 bits per heavy atom. The van der Waals surface area contributed by atoms with Crippen LogP contribution in [0, 0.1) is 5.92 Å². The largest absolute Gasteiger partial charge is 0.497 e. The van der Waals surface area contributed by atoms with Gasteiger partial charge in [-0.2, -0.15) is 0 Å². The van der Waals surface area contributed by atoms with Crippen molar-refractivity contribution in [2.45, 2.75) is 18.3 Å². The minimum absolute atomic E-state index is 0.0538. The molecule has 1 atom stereocenters. The molecule has 0 fully saturated rings. The Labute approximate surface area is 159 Å². The summed E-state index contributed by atoms with van der Waals surface area (Å²) in [4.78, 5) is 13.2. The monoisotopic (exact) mass is 355 g/mol. The second kappa shape index (κ2) is 6.27. The molecule has 0 aromatic heterocycles. The van der Waals surface area contributed by atoms with E-state index >= 15 is 0 Å². The average molecular weight is 355 g/mol. The van der Waals surface area contributed by atoms with Crippen molar-refractivity contribution >= 4 is 11.6 Å². The van der Waals surface area contributed by atoms with Crippen molar-refractivity contribution in [3.63, 3.8) is 0 Å².